The van der Waals surface area contributed by atoms with Crippen LogP contribution in [0.2, 0.25) is 0 Å². The van der Waals surface area contributed by atoms with Crippen molar-refractivity contribution in [3.63, 3.8) is 0 Å². The maximum Gasteiger partial charge on any atom is 0.472 e. The van der Waals surface area contributed by atoms with Gasteiger partial charge in [0.25, 0.3) is 0 Å². The number of quaternary nitrogens is 1. The van der Waals surface area contributed by atoms with E-state index in [4.69, 9.17) is 18.5 Å². The molecule has 2 atom stereocenters. The maximum absolute atomic E-state index is 12.8. The number of fused-ring (bicyclic) bond motifs is 3. The lowest BCUT2D eigenvalue weighted by molar-refractivity contribution is -0.942. The fourth-order valence-electron chi connectivity index (χ4n) is 8.94. The zero-order valence-electron chi connectivity index (χ0n) is 38.1. The Morgan fingerprint density at radius 2 is 0.897 bits per heavy atom. The minimum Gasteiger partial charge on any atom is -0.462 e. The summed E-state index contributed by atoms with van der Waals surface area (Å²) in [5.74, 6) is 0.0887. The van der Waals surface area contributed by atoms with Crippen molar-refractivity contribution in [1.29, 1.82) is 0 Å². The van der Waals surface area contributed by atoms with Crippen molar-refractivity contribution >= 4 is 19.8 Å². The molecule has 0 aromatic heterocycles. The van der Waals surface area contributed by atoms with E-state index >= 15 is 0 Å². The van der Waals surface area contributed by atoms with Gasteiger partial charge in [-0.1, -0.05) is 194 Å². The average Bonchev–Trinajstić information content (AvgIpc) is 3.22. The van der Waals surface area contributed by atoms with E-state index in [2.05, 4.69) is 13.8 Å². The molecule has 3 rings (SSSR count). The molecule has 2 unspecified atom stereocenters. The van der Waals surface area contributed by atoms with Crippen LogP contribution in [0.15, 0.2) is 0 Å². The highest BCUT2D eigenvalue weighted by Gasteiger charge is 2.40. The minimum atomic E-state index is -4.37. The molecule has 0 aliphatic carbocycles. The van der Waals surface area contributed by atoms with Gasteiger partial charge in [-0.25, -0.2) is 4.57 Å². The van der Waals surface area contributed by atoms with Crippen molar-refractivity contribution in [2.45, 2.75) is 245 Å². The number of phosphoric ester groups is 1. The van der Waals surface area contributed by atoms with Crippen LogP contribution in [-0.4, -0.2) is 73.4 Å². The van der Waals surface area contributed by atoms with Crippen molar-refractivity contribution < 1.29 is 42.1 Å². The third-order valence-electron chi connectivity index (χ3n) is 13.0. The van der Waals surface area contributed by atoms with E-state index in [0.29, 0.717) is 13.0 Å². The molecule has 0 aromatic carbocycles. The molecule has 58 heavy (non-hydrogen) atoms. The first-order chi connectivity index (χ1) is 28.3. The largest absolute Gasteiger partial charge is 0.472 e. The number of hydrogen-bond donors (Lipinski definition) is 1. The molecule has 9 nitrogen and oxygen atoms in total. The molecule has 3 saturated heterocycles. The normalized spacial score (nSPS) is 19.3. The molecule has 0 spiro atoms. The molecule has 3 heterocycles. The van der Waals surface area contributed by atoms with E-state index in [-0.39, 0.29) is 32.2 Å². The quantitative estimate of drug-likeness (QED) is 0.0280. The number of rotatable bonds is 42. The van der Waals surface area contributed by atoms with Gasteiger partial charge >= 0.3 is 19.8 Å². The van der Waals surface area contributed by atoms with Gasteiger partial charge in [-0.15, -0.1) is 0 Å². The number of ether oxygens (including phenoxy) is 2. The third-order valence-corrected chi connectivity index (χ3v) is 14.0. The van der Waals surface area contributed by atoms with Gasteiger partial charge in [0.15, 0.2) is 6.10 Å². The van der Waals surface area contributed by atoms with Gasteiger partial charge in [0.05, 0.1) is 26.2 Å². The topological polar surface area (TPSA) is 108 Å². The van der Waals surface area contributed by atoms with E-state index in [1.54, 1.807) is 0 Å². The molecule has 342 valence electrons. The van der Waals surface area contributed by atoms with Gasteiger partial charge in [-0.2, -0.15) is 0 Å². The predicted octanol–water partition coefficient (Wildman–Crippen LogP) is 13.7. The van der Waals surface area contributed by atoms with Crippen LogP contribution in [0.5, 0.6) is 0 Å². The van der Waals surface area contributed by atoms with Crippen LogP contribution in [0, 0.1) is 5.92 Å². The molecule has 0 saturated carbocycles. The molecule has 0 amide bonds. The summed E-state index contributed by atoms with van der Waals surface area (Å²) in [6.07, 6.45) is 40.9. The van der Waals surface area contributed by atoms with Crippen molar-refractivity contribution in [3.05, 3.63) is 0 Å². The summed E-state index contributed by atoms with van der Waals surface area (Å²) >= 11 is 0. The molecular weight excluding hydrogens is 750 g/mol. The van der Waals surface area contributed by atoms with Gasteiger partial charge in [0.1, 0.15) is 19.8 Å². The van der Waals surface area contributed by atoms with Crippen molar-refractivity contribution in [2.24, 2.45) is 5.92 Å². The third kappa shape index (κ3) is 29.3. The van der Waals surface area contributed by atoms with Crippen LogP contribution in [0.1, 0.15) is 239 Å². The minimum absolute atomic E-state index is 0.135. The Hall–Kier alpha value is -0.990. The summed E-state index contributed by atoms with van der Waals surface area (Å²) in [6, 6.07) is 0. The fourth-order valence-corrected chi connectivity index (χ4v) is 9.68. The smallest absolute Gasteiger partial charge is 0.462 e. The Balaban J connectivity index is 1.61. The number of nitrogens with zero attached hydrogens (tertiary/aromatic N) is 1. The molecule has 3 aliphatic rings. The monoisotopic (exact) mass is 843 g/mol. The van der Waals surface area contributed by atoms with Gasteiger partial charge < -0.3 is 18.9 Å². The first kappa shape index (κ1) is 53.1. The van der Waals surface area contributed by atoms with Crippen molar-refractivity contribution in [2.75, 3.05) is 46.0 Å². The Morgan fingerprint density at radius 1 is 0.534 bits per heavy atom. The zero-order chi connectivity index (χ0) is 41.8. The average molecular weight is 843 g/mol. The van der Waals surface area contributed by atoms with Crippen LogP contribution < -0.4 is 0 Å². The molecule has 3 aliphatic heterocycles. The zero-order valence-corrected chi connectivity index (χ0v) is 38.9. The highest BCUT2D eigenvalue weighted by molar-refractivity contribution is 7.47. The Labute approximate surface area is 357 Å². The number of unbranched alkanes of at least 4 members (excludes halogenated alkanes) is 28. The number of carbonyl (C=O) groups is 2. The molecule has 0 radical (unpaired) electrons. The second kappa shape index (κ2) is 35.6. The van der Waals surface area contributed by atoms with Crippen LogP contribution in [-0.2, 0) is 32.7 Å². The highest BCUT2D eigenvalue weighted by Crippen LogP contribution is 2.44. The van der Waals surface area contributed by atoms with Crippen molar-refractivity contribution in [3.8, 4) is 0 Å². The maximum atomic E-state index is 12.8. The summed E-state index contributed by atoms with van der Waals surface area (Å²) in [5, 5.41) is 0. The number of esters is 2. The van der Waals surface area contributed by atoms with Gasteiger partial charge in [-0.05, 0) is 38.0 Å². The number of hydrogen-bond acceptors (Lipinski definition) is 7. The molecule has 2 bridgehead atoms. The van der Waals surface area contributed by atoms with Gasteiger partial charge in [-0.3, -0.25) is 18.6 Å². The summed E-state index contributed by atoms with van der Waals surface area (Å²) in [7, 11) is -4.37. The first-order valence-corrected chi connectivity index (χ1v) is 26.6. The first-order valence-electron chi connectivity index (χ1n) is 25.1. The molecule has 3 fully saturated rings. The number of phosphoric acid groups is 1. The highest BCUT2D eigenvalue weighted by atomic mass is 31.2. The number of piperidine rings is 3. The Morgan fingerprint density at radius 3 is 1.29 bits per heavy atom. The van der Waals surface area contributed by atoms with Crippen LogP contribution in [0.25, 0.3) is 0 Å². The summed E-state index contributed by atoms with van der Waals surface area (Å²) in [6.45, 7) is 8.10. The fraction of sp³-hybridized carbons (Fsp3) is 0.958. The Kier molecular flexibility index (Phi) is 32.6. The van der Waals surface area contributed by atoms with Gasteiger partial charge in [0, 0.05) is 12.8 Å². The lowest BCUT2D eigenvalue weighted by atomic mass is 9.86. The van der Waals surface area contributed by atoms with E-state index < -0.39 is 19.9 Å². The predicted molar refractivity (Wildman–Crippen MR) is 239 cm³/mol. The van der Waals surface area contributed by atoms with E-state index in [1.807, 2.05) is 0 Å². The van der Waals surface area contributed by atoms with Crippen molar-refractivity contribution in [1.82, 2.24) is 0 Å². The molecule has 1 N–H and O–H groups in total. The standard InChI is InChI=1S/C48H92NO8P/c1-3-5-7-9-11-13-15-17-19-21-23-25-27-29-31-33-47(50)54-43-46(44-56-58(52,53)55-42-41-49-38-35-45(36-39-49)37-40-49)57-48(51)34-32-30-28-26-24-22-20-18-16-14-12-10-8-6-4-2/h45-46H,3-44H2,1-2H3/p+1. The van der Waals surface area contributed by atoms with Crippen LogP contribution in [0.4, 0.5) is 0 Å². The molecule has 10 heteroatoms. The van der Waals surface area contributed by atoms with E-state index in [0.717, 1.165) is 68.6 Å². The van der Waals surface area contributed by atoms with Gasteiger partial charge in [0.2, 0.25) is 0 Å². The summed E-state index contributed by atoms with van der Waals surface area (Å²) in [4.78, 5) is 35.9. The lowest BCUT2D eigenvalue weighted by Crippen LogP contribution is -2.59. The summed E-state index contributed by atoms with van der Waals surface area (Å²) < 4.78 is 35.6. The second-order valence-corrected chi connectivity index (χ2v) is 19.7. The summed E-state index contributed by atoms with van der Waals surface area (Å²) in [5.41, 5.74) is 0. The number of carbonyl (C=O) groups excluding carboxylic acids is 2. The lowest BCUT2D eigenvalue weighted by Gasteiger charge is -2.49. The van der Waals surface area contributed by atoms with Crippen LogP contribution >= 0.6 is 7.82 Å². The SMILES string of the molecule is CCCCCCCCCCCCCCCCCC(=O)OCC(COP(=O)(O)OCC[N+]12CCC(CC1)CC2)OC(=O)CCCCCCCCCCCCCCCCC. The second-order valence-electron chi connectivity index (χ2n) is 18.3. The molecular formula is C48H93NO8P+. The van der Waals surface area contributed by atoms with E-state index in [1.165, 1.54) is 173 Å². The molecule has 0 aromatic rings. The Bertz CT molecular complexity index is 1020. The van der Waals surface area contributed by atoms with E-state index in [9.17, 15) is 19.0 Å². The van der Waals surface area contributed by atoms with Crippen LogP contribution in [0.3, 0.4) is 0 Å².